The highest BCUT2D eigenvalue weighted by Gasteiger charge is 2.25. The number of amides is 1. The maximum atomic E-state index is 13.3. The normalized spacial score (nSPS) is 13.9. The lowest BCUT2D eigenvalue weighted by molar-refractivity contribution is -0.133. The first-order valence-electron chi connectivity index (χ1n) is 11.0. The number of carbonyl (C=O) groups is 1. The predicted molar refractivity (Wildman–Crippen MR) is 135 cm³/mol. The van der Waals surface area contributed by atoms with Gasteiger partial charge in [-0.1, -0.05) is 22.9 Å². The van der Waals surface area contributed by atoms with Crippen LogP contribution >= 0.6 is 22.9 Å². The largest absolute Gasteiger partial charge is 0.483 e. The fraction of sp³-hybridized carbons (Fsp3) is 0.250. The van der Waals surface area contributed by atoms with Crippen LogP contribution in [0, 0.1) is 12.7 Å². The Morgan fingerprint density at radius 1 is 1.11 bits per heavy atom. The summed E-state index contributed by atoms with van der Waals surface area (Å²) in [6, 6.07) is 11.5. The van der Waals surface area contributed by atoms with E-state index < -0.39 is 0 Å². The third-order valence-corrected chi connectivity index (χ3v) is 7.00. The molecule has 11 heteroatoms. The van der Waals surface area contributed by atoms with Gasteiger partial charge in [0.05, 0.1) is 0 Å². The van der Waals surface area contributed by atoms with Crippen LogP contribution in [0.25, 0.3) is 20.9 Å². The Morgan fingerprint density at radius 3 is 2.57 bits per heavy atom. The first kappa shape index (κ1) is 23.3. The molecular weight excluding hydrogens is 491 g/mol. The number of nitrogen functional groups attached to an aromatic ring is 1. The number of nitrogens with two attached hydrogens (primary N) is 1. The van der Waals surface area contributed by atoms with Crippen LogP contribution in [0.2, 0.25) is 5.02 Å². The topological polar surface area (TPSA) is 97.5 Å². The van der Waals surface area contributed by atoms with Crippen molar-refractivity contribution >= 4 is 51.0 Å². The molecule has 1 saturated heterocycles. The molecule has 1 amide bonds. The van der Waals surface area contributed by atoms with Crippen molar-refractivity contribution < 1.29 is 13.9 Å². The van der Waals surface area contributed by atoms with Gasteiger partial charge >= 0.3 is 0 Å². The van der Waals surface area contributed by atoms with Gasteiger partial charge in [0.15, 0.2) is 17.3 Å². The van der Waals surface area contributed by atoms with Crippen molar-refractivity contribution in [2.75, 3.05) is 43.4 Å². The monoisotopic (exact) mass is 512 g/mol. The number of ether oxygens (including phenoxy) is 1. The van der Waals surface area contributed by atoms with Crippen molar-refractivity contribution in [3.63, 3.8) is 0 Å². The van der Waals surface area contributed by atoms with E-state index in [1.54, 1.807) is 35.2 Å². The van der Waals surface area contributed by atoms with Gasteiger partial charge in [-0.15, -0.1) is 0 Å². The number of thiazole rings is 1. The predicted octanol–water partition coefficient (Wildman–Crippen LogP) is 4.16. The van der Waals surface area contributed by atoms with Crippen LogP contribution in [0.4, 0.5) is 16.2 Å². The van der Waals surface area contributed by atoms with Gasteiger partial charge in [-0.25, -0.2) is 14.4 Å². The number of anilines is 2. The molecule has 0 atom stereocenters. The fourth-order valence-electron chi connectivity index (χ4n) is 3.93. The van der Waals surface area contributed by atoms with Gasteiger partial charge in [0.2, 0.25) is 5.95 Å². The Balaban J connectivity index is 1.28. The molecule has 8 nitrogen and oxygen atoms in total. The molecule has 1 fully saturated rings. The average Bonchev–Trinajstić information content (AvgIpc) is 3.27. The number of hydrogen-bond acceptors (Lipinski definition) is 8. The quantitative estimate of drug-likeness (QED) is 0.428. The molecule has 2 aromatic carbocycles. The molecule has 0 bridgehead atoms. The number of piperazine rings is 1. The minimum Gasteiger partial charge on any atom is -0.483 e. The highest BCUT2D eigenvalue weighted by Crippen LogP contribution is 2.34. The van der Waals surface area contributed by atoms with E-state index in [0.717, 1.165) is 11.1 Å². The molecule has 1 aliphatic heterocycles. The molecule has 0 aliphatic carbocycles. The molecule has 0 spiro atoms. The number of hydrogen-bond donors (Lipinski definition) is 1. The lowest BCUT2D eigenvalue weighted by Gasteiger charge is -2.35. The van der Waals surface area contributed by atoms with E-state index in [-0.39, 0.29) is 24.3 Å². The average molecular weight is 513 g/mol. The molecule has 0 saturated carbocycles. The molecule has 0 unspecified atom stereocenters. The van der Waals surface area contributed by atoms with E-state index in [2.05, 4.69) is 14.9 Å². The van der Waals surface area contributed by atoms with Crippen LogP contribution in [0.1, 0.15) is 5.56 Å². The second-order valence-electron chi connectivity index (χ2n) is 8.15. The summed E-state index contributed by atoms with van der Waals surface area (Å²) < 4.78 is 19.0. The second kappa shape index (κ2) is 9.63. The Morgan fingerprint density at radius 2 is 1.86 bits per heavy atom. The number of carbonyl (C=O) groups excluding carboxylic acids is 1. The van der Waals surface area contributed by atoms with Crippen molar-refractivity contribution in [1.82, 2.24) is 19.9 Å². The van der Waals surface area contributed by atoms with E-state index >= 15 is 0 Å². The number of halogens is 2. The van der Waals surface area contributed by atoms with Gasteiger partial charge in [-0.05, 0) is 55.0 Å². The smallest absolute Gasteiger partial charge is 0.260 e. The van der Waals surface area contributed by atoms with E-state index in [1.807, 2.05) is 6.92 Å². The first-order valence-corrected chi connectivity index (χ1v) is 12.2. The SMILES string of the molecule is Cc1cc(Cl)ccc1OCC(=O)N1CCN(c2nc(N)nc3sc(-c4ccc(F)cc4)nc23)CC1. The standard InChI is InChI=1S/C24H22ClFN6O2S/c1-14-12-16(25)4-7-18(14)34-13-19(33)31-8-10-32(11-9-31)21-20-23(30-24(27)29-21)35-22(28-20)15-2-5-17(26)6-3-15/h2-7,12H,8-11,13H2,1H3,(H2,27,29,30). The minimum absolute atomic E-state index is 0.0414. The third kappa shape index (κ3) is 4.98. The molecule has 3 heterocycles. The number of benzene rings is 2. The number of rotatable bonds is 5. The summed E-state index contributed by atoms with van der Waals surface area (Å²) in [6.07, 6.45) is 0. The second-order valence-corrected chi connectivity index (χ2v) is 9.57. The summed E-state index contributed by atoms with van der Waals surface area (Å²) in [5.74, 6) is 1.05. The lowest BCUT2D eigenvalue weighted by Crippen LogP contribution is -2.50. The van der Waals surface area contributed by atoms with Crippen molar-refractivity contribution in [1.29, 1.82) is 0 Å². The zero-order valence-corrected chi connectivity index (χ0v) is 20.4. The highest BCUT2D eigenvalue weighted by atomic mass is 35.5. The Bertz CT molecular complexity index is 1390. The van der Waals surface area contributed by atoms with E-state index in [1.165, 1.54) is 23.5 Å². The molecule has 2 aromatic heterocycles. The summed E-state index contributed by atoms with van der Waals surface area (Å²) in [5.41, 5.74) is 8.30. The maximum absolute atomic E-state index is 13.3. The highest BCUT2D eigenvalue weighted by molar-refractivity contribution is 7.21. The van der Waals surface area contributed by atoms with E-state index in [9.17, 15) is 9.18 Å². The van der Waals surface area contributed by atoms with Gasteiger partial charge in [0.25, 0.3) is 5.91 Å². The zero-order chi connectivity index (χ0) is 24.5. The summed E-state index contributed by atoms with van der Waals surface area (Å²) in [4.78, 5) is 30.7. The van der Waals surface area contributed by atoms with Crippen molar-refractivity contribution in [2.24, 2.45) is 0 Å². The number of aromatic nitrogens is 3. The van der Waals surface area contributed by atoms with Crippen molar-refractivity contribution in [3.05, 3.63) is 58.9 Å². The summed E-state index contributed by atoms with van der Waals surface area (Å²) in [6.45, 7) is 4.02. The molecule has 4 aromatic rings. The van der Waals surface area contributed by atoms with Crippen LogP contribution in [0.15, 0.2) is 42.5 Å². The summed E-state index contributed by atoms with van der Waals surface area (Å²) in [5, 5.41) is 1.34. The minimum atomic E-state index is -0.305. The van der Waals surface area contributed by atoms with Gasteiger partial charge in [-0.3, -0.25) is 4.79 Å². The molecule has 180 valence electrons. The summed E-state index contributed by atoms with van der Waals surface area (Å²) >= 11 is 7.36. The Hall–Kier alpha value is -3.50. The Kier molecular flexibility index (Phi) is 6.40. The van der Waals surface area contributed by atoms with Crippen LogP contribution < -0.4 is 15.4 Å². The van der Waals surface area contributed by atoms with Crippen LogP contribution in [0.3, 0.4) is 0 Å². The molecule has 35 heavy (non-hydrogen) atoms. The van der Waals surface area contributed by atoms with E-state index in [4.69, 9.17) is 27.1 Å². The number of nitrogens with zero attached hydrogens (tertiary/aromatic N) is 5. The van der Waals surface area contributed by atoms with E-state index in [0.29, 0.717) is 58.1 Å². The van der Waals surface area contributed by atoms with Crippen LogP contribution in [-0.2, 0) is 4.79 Å². The lowest BCUT2D eigenvalue weighted by atomic mass is 10.2. The zero-order valence-electron chi connectivity index (χ0n) is 18.9. The Labute approximate surface area is 210 Å². The van der Waals surface area contributed by atoms with Gasteiger partial charge in [-0.2, -0.15) is 4.98 Å². The van der Waals surface area contributed by atoms with Gasteiger partial charge < -0.3 is 20.3 Å². The van der Waals surface area contributed by atoms with Crippen LogP contribution in [0.5, 0.6) is 5.75 Å². The number of aryl methyl sites for hydroxylation is 1. The molecule has 0 radical (unpaired) electrons. The molecule has 2 N–H and O–H groups in total. The summed E-state index contributed by atoms with van der Waals surface area (Å²) in [7, 11) is 0. The maximum Gasteiger partial charge on any atom is 0.260 e. The number of fused-ring (bicyclic) bond motifs is 1. The first-order chi connectivity index (χ1) is 16.9. The molecule has 1 aliphatic rings. The van der Waals surface area contributed by atoms with Crippen LogP contribution in [-0.4, -0.2) is 58.5 Å². The third-order valence-electron chi connectivity index (χ3n) is 5.77. The van der Waals surface area contributed by atoms with Crippen molar-refractivity contribution in [2.45, 2.75) is 6.92 Å². The molecular formula is C24H22ClFN6O2S. The molecule has 5 rings (SSSR count). The fourth-order valence-corrected chi connectivity index (χ4v) is 5.11. The van der Waals surface area contributed by atoms with Crippen molar-refractivity contribution in [3.8, 4) is 16.3 Å². The van der Waals surface area contributed by atoms with Gasteiger partial charge in [0, 0.05) is 36.8 Å². The van der Waals surface area contributed by atoms with Gasteiger partial charge in [0.1, 0.15) is 22.1 Å².